The van der Waals surface area contributed by atoms with Crippen LogP contribution in [0.5, 0.6) is 0 Å². The van der Waals surface area contributed by atoms with Crippen molar-refractivity contribution in [3.05, 3.63) is 0 Å². The van der Waals surface area contributed by atoms with E-state index < -0.39 is 0 Å². The van der Waals surface area contributed by atoms with Gasteiger partial charge in [0.1, 0.15) is 0 Å². The van der Waals surface area contributed by atoms with Crippen molar-refractivity contribution >= 4 is 11.8 Å². The number of likely N-dealkylation sites (N-methyl/N-ethyl adjacent to an activating group) is 1. The van der Waals surface area contributed by atoms with Crippen molar-refractivity contribution in [2.24, 2.45) is 5.73 Å². The van der Waals surface area contributed by atoms with Gasteiger partial charge in [0.25, 0.3) is 0 Å². The Hall–Kier alpha value is -1.10. The van der Waals surface area contributed by atoms with Crippen LogP contribution in [0.15, 0.2) is 0 Å². The number of hydrogen-bond donors (Lipinski definition) is 2. The monoisotopic (exact) mass is 215 g/mol. The van der Waals surface area contributed by atoms with E-state index in [0.717, 1.165) is 25.9 Å². The highest BCUT2D eigenvalue weighted by Crippen LogP contribution is 1.92. The highest BCUT2D eigenvalue weighted by molar-refractivity contribution is 5.77. The van der Waals surface area contributed by atoms with E-state index in [1.807, 2.05) is 6.92 Å². The molecule has 0 unspecified atom stereocenters. The molecular formula is C10H21N3O2. The maximum Gasteiger partial charge on any atom is 0.236 e. The molecule has 0 saturated heterocycles. The molecule has 0 aliphatic carbocycles. The first-order valence-electron chi connectivity index (χ1n) is 5.31. The molecule has 0 aromatic carbocycles. The fourth-order valence-corrected chi connectivity index (χ4v) is 1.06. The lowest BCUT2D eigenvalue weighted by Gasteiger charge is -2.14. The molecule has 0 atom stereocenters. The zero-order chi connectivity index (χ0) is 11.7. The Bertz CT molecular complexity index is 207. The molecule has 0 fully saturated rings. The number of nitrogens with two attached hydrogens (primary N) is 1. The minimum Gasteiger partial charge on any atom is -0.370 e. The summed E-state index contributed by atoms with van der Waals surface area (Å²) in [5.41, 5.74) is 4.99. The molecule has 0 spiro atoms. The average molecular weight is 215 g/mol. The van der Waals surface area contributed by atoms with Crippen LogP contribution < -0.4 is 11.1 Å². The normalized spacial score (nSPS) is 10.0. The Kier molecular flexibility index (Phi) is 7.62. The van der Waals surface area contributed by atoms with Crippen molar-refractivity contribution in [3.63, 3.8) is 0 Å². The standard InChI is InChI=1S/C10H21N3O2/c1-3-13(2)10(15)8-12-7-5-4-6-9(11)14/h12H,3-8H2,1-2H3,(H2,11,14). The second-order valence-electron chi connectivity index (χ2n) is 3.51. The average Bonchev–Trinajstić information content (AvgIpc) is 2.21. The van der Waals surface area contributed by atoms with Gasteiger partial charge in [-0.1, -0.05) is 0 Å². The molecule has 5 nitrogen and oxygen atoms in total. The van der Waals surface area contributed by atoms with Gasteiger partial charge in [-0.3, -0.25) is 9.59 Å². The number of rotatable bonds is 8. The summed E-state index contributed by atoms with van der Waals surface area (Å²) in [6.45, 7) is 3.77. The van der Waals surface area contributed by atoms with Gasteiger partial charge in [0.05, 0.1) is 6.54 Å². The Morgan fingerprint density at radius 3 is 2.53 bits per heavy atom. The van der Waals surface area contributed by atoms with E-state index in [1.54, 1.807) is 11.9 Å². The number of carbonyl (C=O) groups is 2. The molecule has 3 N–H and O–H groups in total. The van der Waals surface area contributed by atoms with Gasteiger partial charge in [-0.15, -0.1) is 0 Å². The van der Waals surface area contributed by atoms with Crippen LogP contribution in [0.3, 0.4) is 0 Å². The number of primary amides is 1. The molecule has 0 rings (SSSR count). The van der Waals surface area contributed by atoms with Crippen LogP contribution in [-0.2, 0) is 9.59 Å². The quantitative estimate of drug-likeness (QED) is 0.546. The molecule has 0 radical (unpaired) electrons. The molecule has 0 aliphatic heterocycles. The van der Waals surface area contributed by atoms with Gasteiger partial charge in [0.2, 0.25) is 11.8 Å². The summed E-state index contributed by atoms with van der Waals surface area (Å²) in [5.74, 6) is -0.177. The lowest BCUT2D eigenvalue weighted by atomic mass is 10.2. The van der Waals surface area contributed by atoms with Gasteiger partial charge in [0, 0.05) is 20.0 Å². The van der Waals surface area contributed by atoms with Gasteiger partial charge < -0.3 is 16.0 Å². The first kappa shape index (κ1) is 13.9. The van der Waals surface area contributed by atoms with E-state index in [0.29, 0.717) is 13.0 Å². The Labute approximate surface area is 91.0 Å². The summed E-state index contributed by atoms with van der Waals surface area (Å²) in [5, 5.41) is 3.03. The number of unbranched alkanes of at least 4 members (excludes halogenated alkanes) is 1. The second-order valence-corrected chi connectivity index (χ2v) is 3.51. The van der Waals surface area contributed by atoms with Crippen molar-refractivity contribution in [1.82, 2.24) is 10.2 Å². The molecule has 0 aromatic heterocycles. The fourth-order valence-electron chi connectivity index (χ4n) is 1.06. The van der Waals surface area contributed by atoms with E-state index >= 15 is 0 Å². The minimum absolute atomic E-state index is 0.0902. The molecule has 0 bridgehead atoms. The maximum absolute atomic E-state index is 11.3. The van der Waals surface area contributed by atoms with Crippen molar-refractivity contribution in [3.8, 4) is 0 Å². The van der Waals surface area contributed by atoms with Gasteiger partial charge in [-0.05, 0) is 26.3 Å². The molecule has 0 saturated carbocycles. The molecule has 2 amide bonds. The van der Waals surface area contributed by atoms with Crippen LogP contribution in [0.4, 0.5) is 0 Å². The van der Waals surface area contributed by atoms with Gasteiger partial charge in [-0.2, -0.15) is 0 Å². The Morgan fingerprint density at radius 2 is 2.00 bits per heavy atom. The zero-order valence-corrected chi connectivity index (χ0v) is 9.58. The molecule has 15 heavy (non-hydrogen) atoms. The summed E-state index contributed by atoms with van der Waals surface area (Å²) in [6, 6.07) is 0. The summed E-state index contributed by atoms with van der Waals surface area (Å²) in [7, 11) is 1.77. The second kappa shape index (κ2) is 8.23. The number of hydrogen-bond acceptors (Lipinski definition) is 3. The summed E-state index contributed by atoms with van der Waals surface area (Å²) >= 11 is 0. The van der Waals surface area contributed by atoms with E-state index in [-0.39, 0.29) is 11.8 Å². The number of nitrogens with zero attached hydrogens (tertiary/aromatic N) is 1. The van der Waals surface area contributed by atoms with Gasteiger partial charge in [0.15, 0.2) is 0 Å². The highest BCUT2D eigenvalue weighted by atomic mass is 16.2. The van der Waals surface area contributed by atoms with Crippen LogP contribution in [-0.4, -0.2) is 43.4 Å². The highest BCUT2D eigenvalue weighted by Gasteiger charge is 2.04. The number of nitrogens with one attached hydrogen (secondary N) is 1. The van der Waals surface area contributed by atoms with E-state index in [4.69, 9.17) is 5.73 Å². The van der Waals surface area contributed by atoms with Gasteiger partial charge in [-0.25, -0.2) is 0 Å². The molecule has 0 aromatic rings. The first-order chi connectivity index (χ1) is 7.07. The topological polar surface area (TPSA) is 75.4 Å². The molecule has 5 heteroatoms. The summed E-state index contributed by atoms with van der Waals surface area (Å²) < 4.78 is 0. The van der Waals surface area contributed by atoms with Crippen molar-refractivity contribution in [2.45, 2.75) is 26.2 Å². The van der Waals surface area contributed by atoms with Crippen molar-refractivity contribution in [2.75, 3.05) is 26.7 Å². The minimum atomic E-state index is -0.267. The summed E-state index contributed by atoms with van der Waals surface area (Å²) in [4.78, 5) is 23.4. The van der Waals surface area contributed by atoms with Crippen molar-refractivity contribution in [1.29, 1.82) is 0 Å². The third-order valence-corrected chi connectivity index (χ3v) is 2.20. The number of carbonyl (C=O) groups excluding carboxylic acids is 2. The summed E-state index contributed by atoms with van der Waals surface area (Å²) in [6.07, 6.45) is 2.07. The first-order valence-corrected chi connectivity index (χ1v) is 5.31. The molecular weight excluding hydrogens is 194 g/mol. The third kappa shape index (κ3) is 7.93. The van der Waals surface area contributed by atoms with Crippen LogP contribution in [0, 0.1) is 0 Å². The van der Waals surface area contributed by atoms with E-state index in [9.17, 15) is 9.59 Å². The number of amides is 2. The molecule has 0 heterocycles. The van der Waals surface area contributed by atoms with Gasteiger partial charge >= 0.3 is 0 Å². The smallest absolute Gasteiger partial charge is 0.236 e. The molecule has 88 valence electrons. The Balaban J connectivity index is 3.31. The van der Waals surface area contributed by atoms with Crippen LogP contribution in [0.25, 0.3) is 0 Å². The lowest BCUT2D eigenvalue weighted by molar-refractivity contribution is -0.128. The predicted octanol–water partition coefficient (Wildman–Crippen LogP) is -0.290. The van der Waals surface area contributed by atoms with Crippen LogP contribution in [0.1, 0.15) is 26.2 Å². The maximum atomic E-state index is 11.3. The SMILES string of the molecule is CCN(C)C(=O)CNCCCCC(N)=O. The van der Waals surface area contributed by atoms with E-state index in [2.05, 4.69) is 5.32 Å². The molecule has 0 aliphatic rings. The van der Waals surface area contributed by atoms with Crippen molar-refractivity contribution < 1.29 is 9.59 Å². The zero-order valence-electron chi connectivity index (χ0n) is 9.58. The van der Waals surface area contributed by atoms with Crippen LogP contribution >= 0.6 is 0 Å². The largest absolute Gasteiger partial charge is 0.370 e. The van der Waals surface area contributed by atoms with E-state index in [1.165, 1.54) is 0 Å². The lowest BCUT2D eigenvalue weighted by Crippen LogP contribution is -2.35. The van der Waals surface area contributed by atoms with Crippen LogP contribution in [0.2, 0.25) is 0 Å². The predicted molar refractivity (Wildman–Crippen MR) is 59.2 cm³/mol. The third-order valence-electron chi connectivity index (χ3n) is 2.20. The fraction of sp³-hybridized carbons (Fsp3) is 0.800. The Morgan fingerprint density at radius 1 is 1.33 bits per heavy atom.